The molecule has 0 spiro atoms. The van der Waals surface area contributed by atoms with Crippen LogP contribution in [0.1, 0.15) is 46.5 Å². The summed E-state index contributed by atoms with van der Waals surface area (Å²) in [4.78, 5) is 14.6. The van der Waals surface area contributed by atoms with Crippen LogP contribution in [0.3, 0.4) is 0 Å². The van der Waals surface area contributed by atoms with Gasteiger partial charge in [0, 0.05) is 0 Å². The number of carbonyl (C=O) groups is 1. The molecule has 4 nitrogen and oxygen atoms in total. The van der Waals surface area contributed by atoms with Gasteiger partial charge in [0.2, 0.25) is 0 Å². The Morgan fingerprint density at radius 2 is 1.74 bits per heavy atom. The van der Waals surface area contributed by atoms with Crippen LogP contribution in [-0.4, -0.2) is 37.9 Å². The Hall–Kier alpha value is -0.0900. The predicted molar refractivity (Wildman–Crippen MR) is 89.2 cm³/mol. The minimum absolute atomic E-state index is 0.129. The van der Waals surface area contributed by atoms with Crippen LogP contribution in [-0.2, 0) is 9.53 Å². The zero-order valence-electron chi connectivity index (χ0n) is 13.8. The Morgan fingerprint density at radius 1 is 1.22 bits per heavy atom. The van der Waals surface area contributed by atoms with E-state index in [4.69, 9.17) is 4.74 Å². The molecule has 8 heteroatoms. The molecule has 0 bridgehead atoms. The summed E-state index contributed by atoms with van der Waals surface area (Å²) < 4.78 is 48.4. The van der Waals surface area contributed by atoms with Crippen LogP contribution in [0.15, 0.2) is 0 Å². The standard InChI is InChI=1S/C15H25F3INO3/c1-13(2,11-19(4)20-11)12(21)23-10-8-6-5-7-9(10)14(3,22)15(16,17)18/h9-11,20,22H,5-8H2,1-4H3. The molecule has 0 aromatic carbocycles. The third kappa shape index (κ3) is 3.78. The number of carbonyl (C=O) groups excluding carboxylic acids is 1. The topological polar surface area (TPSA) is 68.5 Å². The second-order valence-corrected chi connectivity index (χ2v) is 12.0. The number of nitrogens with one attached hydrogen (secondary N) is 1. The van der Waals surface area contributed by atoms with E-state index < -0.39 is 55.3 Å². The van der Waals surface area contributed by atoms with E-state index in [1.165, 1.54) is 0 Å². The fourth-order valence-corrected chi connectivity index (χ4v) is 8.83. The second kappa shape index (κ2) is 6.33. The zero-order chi connectivity index (χ0) is 17.6. The maximum absolute atomic E-state index is 13.2. The maximum atomic E-state index is 13.2. The molecule has 136 valence electrons. The Labute approximate surface area is 142 Å². The van der Waals surface area contributed by atoms with Crippen LogP contribution in [0.5, 0.6) is 0 Å². The number of ether oxygens (including phenoxy) is 1. The van der Waals surface area contributed by atoms with Crippen LogP contribution in [0.4, 0.5) is 13.2 Å². The summed E-state index contributed by atoms with van der Waals surface area (Å²) in [6, 6.07) is 0. The molecule has 1 aliphatic carbocycles. The summed E-state index contributed by atoms with van der Waals surface area (Å²) in [7, 11) is 0. The summed E-state index contributed by atoms with van der Waals surface area (Å²) in [5.74, 6) is -1.58. The van der Waals surface area contributed by atoms with Crippen molar-refractivity contribution in [3.05, 3.63) is 0 Å². The van der Waals surface area contributed by atoms with Gasteiger partial charge in [0.05, 0.1) is 0 Å². The third-order valence-electron chi connectivity index (χ3n) is 4.96. The Morgan fingerprint density at radius 3 is 2.22 bits per heavy atom. The van der Waals surface area contributed by atoms with Crippen LogP contribution in [0, 0.1) is 11.3 Å². The van der Waals surface area contributed by atoms with E-state index in [2.05, 4.69) is 8.46 Å². The van der Waals surface area contributed by atoms with Gasteiger partial charge in [-0.3, -0.25) is 0 Å². The number of hydrogen-bond acceptors (Lipinski definition) is 4. The SMILES string of the molecule is CI1NC1C(C)(C)C(=O)OC1CCCCC1C(C)(O)C(F)(F)F. The van der Waals surface area contributed by atoms with E-state index in [-0.39, 0.29) is 10.5 Å². The number of rotatable bonds is 4. The van der Waals surface area contributed by atoms with Gasteiger partial charge >= 0.3 is 142 Å². The molecule has 0 aromatic rings. The average Bonchev–Trinajstić information content (AvgIpc) is 3.15. The molecule has 1 saturated heterocycles. The van der Waals surface area contributed by atoms with Gasteiger partial charge in [-0.1, -0.05) is 0 Å². The summed E-state index contributed by atoms with van der Waals surface area (Å²) in [6.07, 6.45) is -3.75. The van der Waals surface area contributed by atoms with E-state index in [0.29, 0.717) is 19.3 Å². The molecule has 0 aromatic heterocycles. The van der Waals surface area contributed by atoms with Gasteiger partial charge < -0.3 is 0 Å². The zero-order valence-corrected chi connectivity index (χ0v) is 16.0. The van der Waals surface area contributed by atoms with Crippen molar-refractivity contribution in [3.63, 3.8) is 0 Å². The molecule has 1 heterocycles. The van der Waals surface area contributed by atoms with Crippen molar-refractivity contribution in [2.24, 2.45) is 11.3 Å². The number of halogens is 4. The van der Waals surface area contributed by atoms with E-state index in [1.54, 1.807) is 13.8 Å². The first kappa shape index (κ1) is 19.2. The Kier molecular flexibility index (Phi) is 5.29. The van der Waals surface area contributed by atoms with Crippen LogP contribution in [0.2, 0.25) is 0 Å². The molecule has 2 aliphatic rings. The van der Waals surface area contributed by atoms with Gasteiger partial charge in [-0.25, -0.2) is 0 Å². The van der Waals surface area contributed by atoms with Crippen molar-refractivity contribution in [2.45, 2.75) is 68.4 Å². The number of esters is 1. The predicted octanol–water partition coefficient (Wildman–Crippen LogP) is 3.41. The van der Waals surface area contributed by atoms with E-state index >= 15 is 0 Å². The number of alkyl halides is 5. The molecule has 23 heavy (non-hydrogen) atoms. The Bertz CT molecular complexity index is 467. The molecule has 2 N–H and O–H groups in total. The third-order valence-corrected chi connectivity index (χ3v) is 9.63. The van der Waals surface area contributed by atoms with Gasteiger partial charge in [-0.15, -0.1) is 0 Å². The second-order valence-electron chi connectivity index (χ2n) is 7.19. The van der Waals surface area contributed by atoms with Crippen LogP contribution in [0.25, 0.3) is 0 Å². The summed E-state index contributed by atoms with van der Waals surface area (Å²) in [5.41, 5.74) is -3.57. The van der Waals surface area contributed by atoms with Gasteiger partial charge in [-0.2, -0.15) is 0 Å². The first-order chi connectivity index (χ1) is 10.4. The fourth-order valence-electron chi connectivity index (χ4n) is 3.16. The van der Waals surface area contributed by atoms with Crippen molar-refractivity contribution in [1.82, 2.24) is 3.53 Å². The van der Waals surface area contributed by atoms with Gasteiger partial charge in [-0.05, 0) is 0 Å². The Balaban J connectivity index is 2.12. The fraction of sp³-hybridized carbons (Fsp3) is 0.933. The van der Waals surface area contributed by atoms with E-state index in [0.717, 1.165) is 6.92 Å². The van der Waals surface area contributed by atoms with Crippen molar-refractivity contribution >= 4 is 26.1 Å². The molecule has 1 aliphatic heterocycles. The summed E-state index contributed by atoms with van der Waals surface area (Å²) >= 11 is -1.26. The molecule has 0 amide bonds. The number of hydrogen-bond donors (Lipinski definition) is 2. The quantitative estimate of drug-likeness (QED) is 0.172. The average molecular weight is 451 g/mol. The van der Waals surface area contributed by atoms with Crippen molar-refractivity contribution in [2.75, 3.05) is 4.93 Å². The molecule has 2 rings (SSSR count). The van der Waals surface area contributed by atoms with Gasteiger partial charge in [0.15, 0.2) is 0 Å². The molecule has 4 unspecified atom stereocenters. The molecule has 0 radical (unpaired) electrons. The molecule has 2 fully saturated rings. The molecule has 1 saturated carbocycles. The first-order valence-corrected chi connectivity index (χ1v) is 12.2. The minimum atomic E-state index is -4.74. The summed E-state index contributed by atoms with van der Waals surface area (Å²) in [5, 5.41) is 10.0. The van der Waals surface area contributed by atoms with E-state index in [1.807, 2.05) is 0 Å². The monoisotopic (exact) mass is 451 g/mol. The van der Waals surface area contributed by atoms with Crippen molar-refractivity contribution in [1.29, 1.82) is 0 Å². The van der Waals surface area contributed by atoms with Crippen LogP contribution < -0.4 is 3.53 Å². The first-order valence-electron chi connectivity index (χ1n) is 7.74. The van der Waals surface area contributed by atoms with Crippen molar-refractivity contribution < 1.29 is 27.8 Å². The summed E-state index contributed by atoms with van der Waals surface area (Å²) in [6.45, 7) is 4.33. The molecule has 4 atom stereocenters. The molecular weight excluding hydrogens is 426 g/mol. The molecular formula is C15H25F3INO3. The van der Waals surface area contributed by atoms with Crippen LogP contribution >= 0.6 is 20.1 Å². The van der Waals surface area contributed by atoms with Gasteiger partial charge in [0.25, 0.3) is 0 Å². The van der Waals surface area contributed by atoms with E-state index in [9.17, 15) is 23.1 Å². The normalized spacial score (nSPS) is 33.0. The number of aliphatic hydroxyl groups is 1. The van der Waals surface area contributed by atoms with Crippen molar-refractivity contribution in [3.8, 4) is 0 Å². The van der Waals surface area contributed by atoms with Gasteiger partial charge in [0.1, 0.15) is 0 Å².